The van der Waals surface area contributed by atoms with Crippen molar-refractivity contribution in [2.75, 3.05) is 11.4 Å². The lowest BCUT2D eigenvalue weighted by molar-refractivity contribution is -0.126. The molecule has 26 heavy (non-hydrogen) atoms. The summed E-state index contributed by atoms with van der Waals surface area (Å²) in [6.07, 6.45) is 5.28. The molecule has 1 aromatic heterocycles. The van der Waals surface area contributed by atoms with Crippen molar-refractivity contribution in [1.82, 2.24) is 20.1 Å². The summed E-state index contributed by atoms with van der Waals surface area (Å²) in [7, 11) is 0. The van der Waals surface area contributed by atoms with Crippen molar-refractivity contribution in [3.63, 3.8) is 0 Å². The predicted octanol–water partition coefficient (Wildman–Crippen LogP) is 1.46. The van der Waals surface area contributed by atoms with Crippen molar-refractivity contribution < 1.29 is 9.59 Å². The SMILES string of the molecule is CCn1cnnc1CNC(=O)C1CC(=O)N(c2ccc3c(c2)CCC3)C1. The molecular weight excluding hydrogens is 330 g/mol. The predicted molar refractivity (Wildman–Crippen MR) is 96.5 cm³/mol. The van der Waals surface area contributed by atoms with E-state index < -0.39 is 0 Å². The minimum Gasteiger partial charge on any atom is -0.348 e. The molecule has 2 aromatic rings. The maximum Gasteiger partial charge on any atom is 0.227 e. The molecule has 7 nitrogen and oxygen atoms in total. The first kappa shape index (κ1) is 16.8. The second-order valence-corrected chi connectivity index (χ2v) is 6.96. The van der Waals surface area contributed by atoms with Gasteiger partial charge in [0, 0.05) is 25.2 Å². The number of aromatic nitrogens is 3. The number of aryl methyl sites for hydroxylation is 3. The maximum absolute atomic E-state index is 12.5. The molecule has 1 N–H and O–H groups in total. The molecule has 0 spiro atoms. The summed E-state index contributed by atoms with van der Waals surface area (Å²) in [5.41, 5.74) is 3.63. The van der Waals surface area contributed by atoms with E-state index >= 15 is 0 Å². The molecule has 136 valence electrons. The third-order valence-electron chi connectivity index (χ3n) is 5.35. The van der Waals surface area contributed by atoms with E-state index in [0.717, 1.165) is 30.9 Å². The molecule has 1 aromatic carbocycles. The molecule has 0 saturated carbocycles. The Morgan fingerprint density at radius 1 is 1.31 bits per heavy atom. The molecule has 1 fully saturated rings. The number of nitrogens with zero attached hydrogens (tertiary/aromatic N) is 4. The van der Waals surface area contributed by atoms with Crippen LogP contribution < -0.4 is 10.2 Å². The molecule has 0 bridgehead atoms. The molecule has 0 radical (unpaired) electrons. The standard InChI is InChI=1S/C19H23N5O2/c1-2-23-12-21-22-17(23)10-20-19(26)15-9-18(25)24(11-15)16-7-6-13-4-3-5-14(13)8-16/h6-8,12,15H,2-5,9-11H2,1H3,(H,20,26). The van der Waals surface area contributed by atoms with Gasteiger partial charge in [-0.15, -0.1) is 10.2 Å². The highest BCUT2D eigenvalue weighted by Gasteiger charge is 2.35. The van der Waals surface area contributed by atoms with Crippen molar-refractivity contribution >= 4 is 17.5 Å². The van der Waals surface area contributed by atoms with Crippen LogP contribution in [0, 0.1) is 5.92 Å². The summed E-state index contributed by atoms with van der Waals surface area (Å²) < 4.78 is 1.89. The number of nitrogens with one attached hydrogen (secondary N) is 1. The van der Waals surface area contributed by atoms with Gasteiger partial charge in [-0.2, -0.15) is 0 Å². The maximum atomic E-state index is 12.5. The van der Waals surface area contributed by atoms with Gasteiger partial charge < -0.3 is 14.8 Å². The van der Waals surface area contributed by atoms with E-state index in [1.807, 2.05) is 17.6 Å². The van der Waals surface area contributed by atoms with Crippen LogP contribution in [-0.4, -0.2) is 33.1 Å². The van der Waals surface area contributed by atoms with E-state index in [1.54, 1.807) is 11.2 Å². The highest BCUT2D eigenvalue weighted by Crippen LogP contribution is 2.30. The molecule has 2 amide bonds. The third kappa shape index (κ3) is 3.09. The fourth-order valence-corrected chi connectivity index (χ4v) is 3.85. The summed E-state index contributed by atoms with van der Waals surface area (Å²) in [5, 5.41) is 10.8. The topological polar surface area (TPSA) is 80.1 Å². The second-order valence-electron chi connectivity index (χ2n) is 6.96. The quantitative estimate of drug-likeness (QED) is 0.882. The van der Waals surface area contributed by atoms with Crippen molar-refractivity contribution in [1.29, 1.82) is 0 Å². The number of rotatable bonds is 5. The molecule has 7 heteroatoms. The number of hydrogen-bond donors (Lipinski definition) is 1. The van der Waals surface area contributed by atoms with Gasteiger partial charge in [-0.1, -0.05) is 6.07 Å². The third-order valence-corrected chi connectivity index (χ3v) is 5.35. The Kier molecular flexibility index (Phi) is 4.44. The van der Waals surface area contributed by atoms with Crippen molar-refractivity contribution in [2.24, 2.45) is 5.92 Å². The Morgan fingerprint density at radius 3 is 3.00 bits per heavy atom. The lowest BCUT2D eigenvalue weighted by Crippen LogP contribution is -2.33. The van der Waals surface area contributed by atoms with Crippen LogP contribution in [0.5, 0.6) is 0 Å². The van der Waals surface area contributed by atoms with E-state index in [0.29, 0.717) is 13.1 Å². The first-order valence-electron chi connectivity index (χ1n) is 9.22. The van der Waals surface area contributed by atoms with E-state index in [1.165, 1.54) is 17.5 Å². The Balaban J connectivity index is 1.40. The fourth-order valence-electron chi connectivity index (χ4n) is 3.85. The number of carbonyl (C=O) groups is 2. The molecule has 1 unspecified atom stereocenters. The summed E-state index contributed by atoms with van der Waals surface area (Å²) >= 11 is 0. The smallest absolute Gasteiger partial charge is 0.227 e. The molecule has 2 aliphatic rings. The molecule has 1 aliphatic heterocycles. The molecule has 1 saturated heterocycles. The summed E-state index contributed by atoms with van der Waals surface area (Å²) in [6.45, 7) is 3.52. The monoisotopic (exact) mass is 353 g/mol. The lowest BCUT2D eigenvalue weighted by Gasteiger charge is -2.18. The lowest BCUT2D eigenvalue weighted by atomic mass is 10.1. The molecule has 2 heterocycles. The summed E-state index contributed by atoms with van der Waals surface area (Å²) in [5.74, 6) is 0.307. The van der Waals surface area contributed by atoms with Gasteiger partial charge in [0.25, 0.3) is 0 Å². The highest BCUT2D eigenvalue weighted by molar-refractivity contribution is 6.00. The number of carbonyl (C=O) groups excluding carboxylic acids is 2. The number of hydrogen-bond acceptors (Lipinski definition) is 4. The van der Waals surface area contributed by atoms with Crippen molar-refractivity contribution in [3.05, 3.63) is 41.5 Å². The molecule has 1 aliphatic carbocycles. The van der Waals surface area contributed by atoms with Crippen LogP contribution in [0.25, 0.3) is 0 Å². The summed E-state index contributed by atoms with van der Waals surface area (Å²) in [6, 6.07) is 6.24. The average molecular weight is 353 g/mol. The van der Waals surface area contributed by atoms with Crippen LogP contribution in [-0.2, 0) is 35.5 Å². The number of fused-ring (bicyclic) bond motifs is 1. The average Bonchev–Trinajstić information content (AvgIpc) is 3.37. The first-order chi connectivity index (χ1) is 12.7. The van der Waals surface area contributed by atoms with E-state index in [2.05, 4.69) is 27.6 Å². The minimum atomic E-state index is -0.325. The first-order valence-corrected chi connectivity index (χ1v) is 9.22. The van der Waals surface area contributed by atoms with Gasteiger partial charge in [-0.05, 0) is 49.4 Å². The second kappa shape index (κ2) is 6.90. The minimum absolute atomic E-state index is 0.0137. The molecule has 4 rings (SSSR count). The number of anilines is 1. The Morgan fingerprint density at radius 2 is 2.15 bits per heavy atom. The van der Waals surface area contributed by atoms with Crippen LogP contribution in [0.4, 0.5) is 5.69 Å². The van der Waals surface area contributed by atoms with Gasteiger partial charge in [0.2, 0.25) is 11.8 Å². The summed E-state index contributed by atoms with van der Waals surface area (Å²) in [4.78, 5) is 26.7. The Labute approximate surface area is 152 Å². The van der Waals surface area contributed by atoms with Gasteiger partial charge >= 0.3 is 0 Å². The van der Waals surface area contributed by atoms with E-state index in [-0.39, 0.29) is 24.2 Å². The van der Waals surface area contributed by atoms with Crippen molar-refractivity contribution in [2.45, 2.75) is 45.7 Å². The normalized spacial score (nSPS) is 19.0. The van der Waals surface area contributed by atoms with Crippen LogP contribution >= 0.6 is 0 Å². The zero-order chi connectivity index (χ0) is 18.1. The zero-order valence-electron chi connectivity index (χ0n) is 14.9. The highest BCUT2D eigenvalue weighted by atomic mass is 16.2. The zero-order valence-corrected chi connectivity index (χ0v) is 14.9. The Hall–Kier alpha value is -2.70. The number of benzene rings is 1. The van der Waals surface area contributed by atoms with Crippen LogP contribution in [0.1, 0.15) is 36.7 Å². The van der Waals surface area contributed by atoms with Gasteiger partial charge in [-0.3, -0.25) is 9.59 Å². The molecular formula is C19H23N5O2. The van der Waals surface area contributed by atoms with Gasteiger partial charge in [0.15, 0.2) is 5.82 Å². The van der Waals surface area contributed by atoms with E-state index in [9.17, 15) is 9.59 Å². The van der Waals surface area contributed by atoms with Crippen LogP contribution in [0.2, 0.25) is 0 Å². The fraction of sp³-hybridized carbons (Fsp3) is 0.474. The van der Waals surface area contributed by atoms with Gasteiger partial charge in [0.1, 0.15) is 6.33 Å². The van der Waals surface area contributed by atoms with Crippen LogP contribution in [0.15, 0.2) is 24.5 Å². The Bertz CT molecular complexity index is 844. The number of amides is 2. The van der Waals surface area contributed by atoms with E-state index in [4.69, 9.17) is 0 Å². The van der Waals surface area contributed by atoms with Crippen LogP contribution in [0.3, 0.4) is 0 Å². The largest absolute Gasteiger partial charge is 0.348 e. The van der Waals surface area contributed by atoms with Crippen molar-refractivity contribution in [3.8, 4) is 0 Å². The molecule has 1 atom stereocenters. The van der Waals surface area contributed by atoms with Gasteiger partial charge in [-0.25, -0.2) is 0 Å². The van der Waals surface area contributed by atoms with Gasteiger partial charge in [0.05, 0.1) is 12.5 Å².